The van der Waals surface area contributed by atoms with Crippen molar-refractivity contribution in [3.05, 3.63) is 54.0 Å². The van der Waals surface area contributed by atoms with Gasteiger partial charge in [0.05, 0.1) is 17.3 Å². The fraction of sp³-hybridized carbons (Fsp3) is 0.150. The van der Waals surface area contributed by atoms with Gasteiger partial charge in [-0.3, -0.25) is 4.68 Å². The predicted molar refractivity (Wildman–Crippen MR) is 100 cm³/mol. The van der Waals surface area contributed by atoms with Crippen LogP contribution >= 0.6 is 0 Å². The highest BCUT2D eigenvalue weighted by molar-refractivity contribution is 6.03. The Hall–Kier alpha value is -3.80. The Bertz CT molecular complexity index is 1240. The maximum atomic E-state index is 13.6. The van der Waals surface area contributed by atoms with E-state index in [0.717, 1.165) is 0 Å². The summed E-state index contributed by atoms with van der Waals surface area (Å²) in [5.74, 6) is 0.214. The third kappa shape index (κ3) is 3.18. The summed E-state index contributed by atoms with van der Waals surface area (Å²) in [5, 5.41) is 14.1. The van der Waals surface area contributed by atoms with Crippen molar-refractivity contribution >= 4 is 11.0 Å². The molecule has 0 spiro atoms. The number of nitriles is 1. The van der Waals surface area contributed by atoms with Crippen molar-refractivity contribution < 1.29 is 17.9 Å². The maximum Gasteiger partial charge on any atom is 0.282 e. The molecule has 1 N–H and O–H groups in total. The Morgan fingerprint density at radius 3 is 2.83 bits per heavy atom. The van der Waals surface area contributed by atoms with Gasteiger partial charge in [0.2, 0.25) is 6.86 Å². The van der Waals surface area contributed by atoms with Crippen LogP contribution in [0.3, 0.4) is 0 Å². The van der Waals surface area contributed by atoms with Crippen molar-refractivity contribution in [1.82, 2.24) is 19.7 Å². The molecule has 0 bridgehead atoms. The minimum atomic E-state index is -2.80. The molecule has 3 aromatic heterocycles. The highest BCUT2D eigenvalue weighted by Gasteiger charge is 2.25. The zero-order valence-electron chi connectivity index (χ0n) is 15.2. The van der Waals surface area contributed by atoms with Gasteiger partial charge in [-0.05, 0) is 30.3 Å². The normalized spacial score (nSPS) is 11.2. The molecule has 0 atom stereocenters. The zero-order chi connectivity index (χ0) is 20.5. The third-order valence-electron chi connectivity index (χ3n) is 4.51. The predicted octanol–water partition coefficient (Wildman–Crippen LogP) is 4.75. The minimum Gasteiger partial charge on any atom is -0.463 e. The lowest BCUT2D eigenvalue weighted by molar-refractivity contribution is 0.146. The van der Waals surface area contributed by atoms with Crippen molar-refractivity contribution in [2.45, 2.75) is 6.43 Å². The fourth-order valence-electron chi connectivity index (χ4n) is 3.34. The van der Waals surface area contributed by atoms with Gasteiger partial charge in [-0.15, -0.1) is 0 Å². The zero-order valence-corrected chi connectivity index (χ0v) is 15.2. The molecule has 146 valence electrons. The van der Waals surface area contributed by atoms with Gasteiger partial charge < -0.3 is 9.72 Å². The molecule has 0 aliphatic carbocycles. The molecule has 0 saturated heterocycles. The summed E-state index contributed by atoms with van der Waals surface area (Å²) in [5.41, 5.74) is 1.79. The number of ether oxygens (including phenoxy) is 1. The number of benzene rings is 1. The summed E-state index contributed by atoms with van der Waals surface area (Å²) in [6.45, 7) is -1.04. The molecule has 4 aromatic rings. The van der Waals surface area contributed by atoms with Gasteiger partial charge in [0.15, 0.2) is 0 Å². The molecule has 3 heterocycles. The molecule has 0 saturated carbocycles. The van der Waals surface area contributed by atoms with Gasteiger partial charge in [0.1, 0.15) is 17.1 Å². The second-order valence-corrected chi connectivity index (χ2v) is 6.25. The molecule has 0 aliphatic rings. The lowest BCUT2D eigenvalue weighted by Gasteiger charge is -2.10. The minimum absolute atomic E-state index is 0.191. The SMILES string of the molecule is Cn1cc(-c2[nH]c3ncccc3c2-c2cc(OCF)ccc2C#N)c(C(F)F)n1. The van der Waals surface area contributed by atoms with Crippen LogP contribution in [0, 0.1) is 11.3 Å². The first kappa shape index (κ1) is 18.6. The van der Waals surface area contributed by atoms with Gasteiger partial charge in [-0.2, -0.15) is 10.4 Å². The number of fused-ring (bicyclic) bond motifs is 1. The fourth-order valence-corrected chi connectivity index (χ4v) is 3.34. The standard InChI is InChI=1S/C20H14F3N5O/c1-28-9-15(18(27-28)19(22)23)17-16(13-3-2-6-25-20(13)26-17)14-7-12(29-10-21)5-4-11(14)8-24/h2-7,9,19H,10H2,1H3,(H,25,26). The molecule has 29 heavy (non-hydrogen) atoms. The quantitative estimate of drug-likeness (QED) is 0.527. The van der Waals surface area contributed by atoms with Gasteiger partial charge in [-0.1, -0.05) is 0 Å². The van der Waals surface area contributed by atoms with Crippen LogP contribution in [0.4, 0.5) is 13.2 Å². The van der Waals surface area contributed by atoms with Crippen LogP contribution in [0.2, 0.25) is 0 Å². The Morgan fingerprint density at radius 2 is 2.10 bits per heavy atom. The maximum absolute atomic E-state index is 13.6. The van der Waals surface area contributed by atoms with Crippen LogP contribution in [0.1, 0.15) is 17.7 Å². The van der Waals surface area contributed by atoms with Crippen LogP contribution < -0.4 is 4.74 Å². The van der Waals surface area contributed by atoms with Crippen LogP contribution in [0.5, 0.6) is 5.75 Å². The van der Waals surface area contributed by atoms with E-state index in [0.29, 0.717) is 27.9 Å². The van der Waals surface area contributed by atoms with Crippen molar-refractivity contribution in [3.8, 4) is 34.2 Å². The molecule has 0 fully saturated rings. The molecule has 4 rings (SSSR count). The lowest BCUT2D eigenvalue weighted by Crippen LogP contribution is -1.94. The van der Waals surface area contributed by atoms with E-state index in [9.17, 15) is 18.4 Å². The van der Waals surface area contributed by atoms with Crippen molar-refractivity contribution in [2.75, 3.05) is 6.86 Å². The first-order chi connectivity index (χ1) is 14.0. The van der Waals surface area contributed by atoms with Crippen molar-refractivity contribution in [3.63, 3.8) is 0 Å². The largest absolute Gasteiger partial charge is 0.463 e. The van der Waals surface area contributed by atoms with Crippen LogP contribution in [-0.2, 0) is 7.05 Å². The Kier molecular flexibility index (Phi) is 4.68. The van der Waals surface area contributed by atoms with E-state index in [1.54, 1.807) is 25.4 Å². The van der Waals surface area contributed by atoms with E-state index < -0.39 is 19.0 Å². The number of hydrogen-bond donors (Lipinski definition) is 1. The average Bonchev–Trinajstić information content (AvgIpc) is 3.28. The lowest BCUT2D eigenvalue weighted by atomic mass is 9.95. The summed E-state index contributed by atoms with van der Waals surface area (Å²) in [4.78, 5) is 7.33. The van der Waals surface area contributed by atoms with Gasteiger partial charge in [0, 0.05) is 41.5 Å². The molecular formula is C20H14F3N5O. The van der Waals surface area contributed by atoms with Crippen molar-refractivity contribution in [1.29, 1.82) is 5.26 Å². The van der Waals surface area contributed by atoms with Crippen LogP contribution in [0.15, 0.2) is 42.7 Å². The van der Waals surface area contributed by atoms with E-state index in [1.807, 2.05) is 0 Å². The van der Waals surface area contributed by atoms with E-state index in [1.165, 1.54) is 29.1 Å². The highest BCUT2D eigenvalue weighted by atomic mass is 19.3. The van der Waals surface area contributed by atoms with E-state index in [-0.39, 0.29) is 16.9 Å². The molecule has 0 radical (unpaired) electrons. The molecule has 9 heteroatoms. The average molecular weight is 397 g/mol. The van der Waals surface area contributed by atoms with Crippen LogP contribution in [-0.4, -0.2) is 26.6 Å². The molecular weight excluding hydrogens is 383 g/mol. The summed E-state index contributed by atoms with van der Waals surface area (Å²) in [6.07, 6.45) is 0.247. The van der Waals surface area contributed by atoms with E-state index in [2.05, 4.69) is 21.1 Å². The van der Waals surface area contributed by atoms with Gasteiger partial charge >= 0.3 is 0 Å². The molecule has 0 unspecified atom stereocenters. The first-order valence-corrected chi connectivity index (χ1v) is 8.55. The van der Waals surface area contributed by atoms with Crippen LogP contribution in [0.25, 0.3) is 33.4 Å². The van der Waals surface area contributed by atoms with E-state index in [4.69, 9.17) is 4.74 Å². The monoisotopic (exact) mass is 397 g/mol. The second kappa shape index (κ2) is 7.31. The number of nitrogens with zero attached hydrogens (tertiary/aromatic N) is 4. The number of aryl methyl sites for hydroxylation is 1. The summed E-state index contributed by atoms with van der Waals surface area (Å²) >= 11 is 0. The highest BCUT2D eigenvalue weighted by Crippen LogP contribution is 2.42. The number of pyridine rings is 1. The Balaban J connectivity index is 2.08. The number of aromatic amines is 1. The number of hydrogen-bond acceptors (Lipinski definition) is 4. The van der Waals surface area contributed by atoms with Gasteiger partial charge in [-0.25, -0.2) is 18.2 Å². The first-order valence-electron chi connectivity index (χ1n) is 8.55. The van der Waals surface area contributed by atoms with Gasteiger partial charge in [0.25, 0.3) is 6.43 Å². The number of nitrogens with one attached hydrogen (secondary N) is 1. The number of alkyl halides is 3. The molecule has 0 amide bonds. The number of H-pyrrole nitrogens is 1. The summed E-state index contributed by atoms with van der Waals surface area (Å²) in [7, 11) is 1.55. The molecule has 6 nitrogen and oxygen atoms in total. The summed E-state index contributed by atoms with van der Waals surface area (Å²) < 4.78 is 46.1. The smallest absolute Gasteiger partial charge is 0.282 e. The Morgan fingerprint density at radius 1 is 1.28 bits per heavy atom. The molecule has 0 aliphatic heterocycles. The summed E-state index contributed by atoms with van der Waals surface area (Å²) in [6, 6.07) is 10.0. The Labute approximate surface area is 163 Å². The molecule has 1 aromatic carbocycles. The second-order valence-electron chi connectivity index (χ2n) is 6.25. The number of rotatable bonds is 5. The topological polar surface area (TPSA) is 79.5 Å². The third-order valence-corrected chi connectivity index (χ3v) is 4.51. The van der Waals surface area contributed by atoms with E-state index >= 15 is 0 Å². The number of aromatic nitrogens is 4. The number of halogens is 3. The van der Waals surface area contributed by atoms with Crippen molar-refractivity contribution in [2.24, 2.45) is 7.05 Å².